The monoisotopic (exact) mass is 427 g/mol. The lowest BCUT2D eigenvalue weighted by Crippen LogP contribution is -2.36. The highest BCUT2D eigenvalue weighted by atomic mass is 32.2. The van der Waals surface area contributed by atoms with Gasteiger partial charge < -0.3 is 9.84 Å². The van der Waals surface area contributed by atoms with E-state index in [-0.39, 0.29) is 23.4 Å². The molecule has 0 radical (unpaired) electrons. The topological polar surface area (TPSA) is 130 Å². The van der Waals surface area contributed by atoms with Gasteiger partial charge in [-0.25, -0.2) is 13.5 Å². The van der Waals surface area contributed by atoms with Crippen LogP contribution < -0.4 is 10.3 Å². The molecule has 0 amide bonds. The van der Waals surface area contributed by atoms with Crippen LogP contribution in [0.4, 0.5) is 0 Å². The fraction of sp³-hybridized carbons (Fsp3) is 0.250. The van der Waals surface area contributed by atoms with Gasteiger partial charge in [-0.3, -0.25) is 9.59 Å². The molecule has 3 aromatic rings. The number of nitrogens with zero attached hydrogens (tertiary/aromatic N) is 2. The molecule has 0 aliphatic carbocycles. The number of aromatic nitrogens is 2. The highest BCUT2D eigenvalue weighted by Crippen LogP contribution is 2.45. The third-order valence-electron chi connectivity index (χ3n) is 5.54. The van der Waals surface area contributed by atoms with E-state index in [0.29, 0.717) is 46.4 Å². The number of sulfonamides is 1. The highest BCUT2D eigenvalue weighted by molar-refractivity contribution is 7.89. The molecule has 2 N–H and O–H groups in total. The van der Waals surface area contributed by atoms with Gasteiger partial charge in [-0.05, 0) is 43.2 Å². The van der Waals surface area contributed by atoms with Crippen LogP contribution in [0, 0.1) is 0 Å². The maximum absolute atomic E-state index is 13.3. The van der Waals surface area contributed by atoms with Crippen molar-refractivity contribution in [3.8, 4) is 22.8 Å². The molecule has 0 saturated carbocycles. The van der Waals surface area contributed by atoms with Crippen molar-refractivity contribution < 1.29 is 23.1 Å². The van der Waals surface area contributed by atoms with Gasteiger partial charge in [0.15, 0.2) is 0 Å². The van der Waals surface area contributed by atoms with E-state index in [4.69, 9.17) is 9.84 Å². The first-order valence-electron chi connectivity index (χ1n) is 9.43. The Kier molecular flexibility index (Phi) is 4.16. The van der Waals surface area contributed by atoms with Crippen molar-refractivity contribution in [2.24, 2.45) is 0 Å². The average molecular weight is 427 g/mol. The molecular weight excluding hydrogens is 410 g/mol. The number of aromatic amines is 1. The first-order chi connectivity index (χ1) is 14.4. The fourth-order valence-electron chi connectivity index (χ4n) is 4.20. The molecule has 2 aliphatic heterocycles. The predicted octanol–water partition coefficient (Wildman–Crippen LogP) is 2.32. The van der Waals surface area contributed by atoms with E-state index in [9.17, 15) is 18.0 Å². The van der Waals surface area contributed by atoms with E-state index in [1.54, 1.807) is 24.3 Å². The van der Waals surface area contributed by atoms with E-state index < -0.39 is 22.0 Å². The quantitative estimate of drug-likeness (QED) is 0.511. The van der Waals surface area contributed by atoms with Gasteiger partial charge in [0.25, 0.3) is 5.56 Å². The smallest absolute Gasteiger partial charge is 0.304 e. The number of ether oxygens (including phenoxy) is 1. The molecule has 0 bridgehead atoms. The maximum Gasteiger partial charge on any atom is 0.304 e. The predicted molar refractivity (Wildman–Crippen MR) is 107 cm³/mol. The molecule has 10 heteroatoms. The summed E-state index contributed by atoms with van der Waals surface area (Å²) in [6.45, 7) is 0.276. The Morgan fingerprint density at radius 3 is 2.90 bits per heavy atom. The van der Waals surface area contributed by atoms with Crippen molar-refractivity contribution >= 4 is 26.8 Å². The third kappa shape index (κ3) is 2.79. The molecule has 0 spiro atoms. The Balaban J connectivity index is 1.64. The van der Waals surface area contributed by atoms with E-state index in [1.807, 2.05) is 0 Å². The fourth-order valence-corrected chi connectivity index (χ4v) is 5.92. The number of aliphatic carboxylic acids is 1. The van der Waals surface area contributed by atoms with Crippen molar-refractivity contribution in [3.63, 3.8) is 0 Å². The lowest BCUT2D eigenvalue weighted by Gasteiger charge is -2.24. The van der Waals surface area contributed by atoms with Gasteiger partial charge in [0, 0.05) is 18.2 Å². The van der Waals surface area contributed by atoms with E-state index in [1.165, 1.54) is 16.4 Å². The van der Waals surface area contributed by atoms with Crippen molar-refractivity contribution in [2.75, 3.05) is 6.54 Å². The summed E-state index contributed by atoms with van der Waals surface area (Å²) in [6, 6.07) is 8.98. The zero-order valence-corrected chi connectivity index (χ0v) is 16.5. The molecule has 30 heavy (non-hydrogen) atoms. The molecular formula is C20H17N3O6S. The van der Waals surface area contributed by atoms with Crippen LogP contribution in [0.2, 0.25) is 0 Å². The molecule has 1 atom stereocenters. The molecule has 0 unspecified atom stereocenters. The van der Waals surface area contributed by atoms with Crippen LogP contribution in [0.1, 0.15) is 19.3 Å². The molecule has 2 aromatic carbocycles. The first-order valence-corrected chi connectivity index (χ1v) is 10.9. The Morgan fingerprint density at radius 2 is 2.10 bits per heavy atom. The normalized spacial score (nSPS) is 18.2. The van der Waals surface area contributed by atoms with Crippen molar-refractivity contribution in [1.82, 2.24) is 14.5 Å². The second kappa shape index (κ2) is 6.64. The van der Waals surface area contributed by atoms with Crippen molar-refractivity contribution in [2.45, 2.75) is 30.2 Å². The van der Waals surface area contributed by atoms with E-state index >= 15 is 0 Å². The summed E-state index contributed by atoms with van der Waals surface area (Å²) in [5, 5.41) is 16.6. The Morgan fingerprint density at radius 1 is 1.27 bits per heavy atom. The summed E-state index contributed by atoms with van der Waals surface area (Å²) < 4.78 is 33.7. The number of nitrogens with one attached hydrogen (secondary N) is 1. The minimum absolute atomic E-state index is 0.0302. The standard InChI is InChI=1S/C20H17N3O6S/c24-17(25)9-11-3-2-8-23(11)30(27,28)12-6-7-15-14(10-12)19-18-13(20(26)22-21-19)4-1-5-16(18)29-15/h1,4-7,10-11H,2-3,8-9H2,(H,22,26)(H,24,25)/t11-/m0/s1. The molecule has 1 fully saturated rings. The third-order valence-corrected chi connectivity index (χ3v) is 7.49. The minimum Gasteiger partial charge on any atom is -0.481 e. The number of benzene rings is 2. The highest BCUT2D eigenvalue weighted by Gasteiger charge is 2.37. The number of hydrogen-bond acceptors (Lipinski definition) is 6. The van der Waals surface area contributed by atoms with Gasteiger partial charge in [-0.15, -0.1) is 0 Å². The summed E-state index contributed by atoms with van der Waals surface area (Å²) in [7, 11) is -3.91. The van der Waals surface area contributed by atoms with Crippen LogP contribution >= 0.6 is 0 Å². The van der Waals surface area contributed by atoms with Gasteiger partial charge in [0.1, 0.15) is 17.2 Å². The van der Waals surface area contributed by atoms with Gasteiger partial charge in [-0.1, -0.05) is 6.07 Å². The second-order valence-corrected chi connectivity index (χ2v) is 9.24. The minimum atomic E-state index is -3.91. The maximum atomic E-state index is 13.3. The molecule has 154 valence electrons. The largest absolute Gasteiger partial charge is 0.481 e. The number of H-pyrrole nitrogens is 1. The zero-order valence-electron chi connectivity index (χ0n) is 15.7. The van der Waals surface area contributed by atoms with Gasteiger partial charge >= 0.3 is 5.97 Å². The lowest BCUT2D eigenvalue weighted by atomic mass is 10.0. The SMILES string of the molecule is O=C(O)C[C@@H]1CCCN1S(=O)(=O)c1ccc2c(c1)-c1n[nH]c(=O)c3cccc(c13)O2. The number of carbonyl (C=O) groups is 1. The zero-order chi connectivity index (χ0) is 21.0. The van der Waals surface area contributed by atoms with Crippen molar-refractivity contribution in [3.05, 3.63) is 46.8 Å². The van der Waals surface area contributed by atoms with Crippen LogP contribution in [0.5, 0.6) is 11.5 Å². The summed E-state index contributed by atoms with van der Waals surface area (Å²) in [6.07, 6.45) is 0.887. The first kappa shape index (κ1) is 18.8. The lowest BCUT2D eigenvalue weighted by molar-refractivity contribution is -0.137. The number of carboxylic acid groups (broad SMARTS) is 1. The average Bonchev–Trinajstić information content (AvgIpc) is 3.18. The van der Waals surface area contributed by atoms with Crippen LogP contribution in [0.3, 0.4) is 0 Å². The number of rotatable bonds is 4. The molecule has 1 saturated heterocycles. The second-order valence-electron chi connectivity index (χ2n) is 7.35. The molecule has 5 rings (SSSR count). The summed E-state index contributed by atoms with van der Waals surface area (Å²) in [5.41, 5.74) is 0.520. The summed E-state index contributed by atoms with van der Waals surface area (Å²) in [4.78, 5) is 23.3. The Labute approximate surface area is 171 Å². The Hall–Kier alpha value is -3.24. The number of fused-ring (bicyclic) bond motifs is 2. The van der Waals surface area contributed by atoms with Crippen LogP contribution in [-0.2, 0) is 14.8 Å². The van der Waals surface area contributed by atoms with Gasteiger partial charge in [0.2, 0.25) is 10.0 Å². The van der Waals surface area contributed by atoms with Gasteiger partial charge in [-0.2, -0.15) is 9.40 Å². The van der Waals surface area contributed by atoms with Crippen LogP contribution in [0.15, 0.2) is 46.1 Å². The van der Waals surface area contributed by atoms with E-state index in [2.05, 4.69) is 10.2 Å². The summed E-state index contributed by atoms with van der Waals surface area (Å²) >= 11 is 0. The van der Waals surface area contributed by atoms with E-state index in [0.717, 1.165) is 0 Å². The van der Waals surface area contributed by atoms with Gasteiger partial charge in [0.05, 0.1) is 22.1 Å². The van der Waals surface area contributed by atoms with Crippen LogP contribution in [-0.4, -0.2) is 46.6 Å². The van der Waals surface area contributed by atoms with Crippen molar-refractivity contribution in [1.29, 1.82) is 0 Å². The number of carboxylic acids is 1. The molecule has 2 aliphatic rings. The summed E-state index contributed by atoms with van der Waals surface area (Å²) in [5.74, 6) is -0.125. The molecule has 9 nitrogen and oxygen atoms in total. The molecule has 1 aromatic heterocycles. The number of hydrogen-bond donors (Lipinski definition) is 2. The molecule has 3 heterocycles. The van der Waals surface area contributed by atoms with Crippen LogP contribution in [0.25, 0.3) is 22.0 Å². The Bertz CT molecular complexity index is 1360.